The normalized spacial score (nSPS) is 10.3. The van der Waals surface area contributed by atoms with Gasteiger partial charge in [-0.25, -0.2) is 0 Å². The maximum atomic E-state index is 3.59. The van der Waals surface area contributed by atoms with Crippen LogP contribution in [0.25, 0.3) is 0 Å². The van der Waals surface area contributed by atoms with Gasteiger partial charge in [-0.15, -0.1) is 0 Å². The molecule has 1 nitrogen and oxygen atoms in total. The van der Waals surface area contributed by atoms with Crippen molar-refractivity contribution in [1.82, 2.24) is 0 Å². The molecule has 0 saturated heterocycles. The molecule has 0 atom stereocenters. The third kappa shape index (κ3) is 8.89. The van der Waals surface area contributed by atoms with Crippen molar-refractivity contribution in [3.8, 4) is 0 Å². The molecule has 0 saturated carbocycles. The quantitative estimate of drug-likeness (QED) is 0.433. The lowest BCUT2D eigenvalue weighted by Crippen LogP contribution is -1.65. The predicted octanol–water partition coefficient (Wildman–Crippen LogP) is 3.36. The third-order valence-corrected chi connectivity index (χ3v) is 0.835. The van der Waals surface area contributed by atoms with E-state index in [-0.39, 0.29) is 0 Å². The molecule has 0 aromatic carbocycles. The van der Waals surface area contributed by atoms with E-state index in [9.17, 15) is 0 Å². The molecule has 0 aromatic rings. The molecular formula is C10H17N. The monoisotopic (exact) mass is 151 g/mol. The summed E-state index contributed by atoms with van der Waals surface area (Å²) in [4.78, 5) is 3.59. The van der Waals surface area contributed by atoms with Crippen LogP contribution in [-0.4, -0.2) is 6.72 Å². The first kappa shape index (κ1) is 12.6. The minimum absolute atomic E-state index is 0.979. The summed E-state index contributed by atoms with van der Waals surface area (Å²) in [7, 11) is 0. The Labute approximate surface area is 69.9 Å². The number of nitrogens with zero attached hydrogens (tertiary/aromatic N) is 1. The number of hydrogen-bond donors (Lipinski definition) is 0. The fourth-order valence-corrected chi connectivity index (χ4v) is 0.462. The van der Waals surface area contributed by atoms with Crippen molar-refractivity contribution in [2.45, 2.75) is 20.8 Å². The Kier molecular flexibility index (Phi) is 13.3. The van der Waals surface area contributed by atoms with Crippen molar-refractivity contribution >= 4 is 6.72 Å². The van der Waals surface area contributed by atoms with Crippen molar-refractivity contribution < 1.29 is 0 Å². The second-order valence-corrected chi connectivity index (χ2v) is 1.52. The van der Waals surface area contributed by atoms with Crippen molar-refractivity contribution in [3.05, 3.63) is 36.6 Å². The fraction of sp³-hybridized carbons (Fsp3) is 0.300. The van der Waals surface area contributed by atoms with Gasteiger partial charge in [-0.3, -0.25) is 4.99 Å². The number of allylic oxidation sites excluding steroid dienone is 4. The molecule has 0 aromatic heterocycles. The maximum Gasteiger partial charge on any atom is 0.0332 e. The molecule has 0 fully saturated rings. The molecule has 0 aliphatic carbocycles. The largest absolute Gasteiger partial charge is 0.272 e. The second-order valence-electron chi connectivity index (χ2n) is 1.52. The lowest BCUT2D eigenvalue weighted by Gasteiger charge is -1.85. The zero-order valence-electron chi connectivity index (χ0n) is 7.67. The van der Waals surface area contributed by atoms with Gasteiger partial charge in [0.15, 0.2) is 0 Å². The summed E-state index contributed by atoms with van der Waals surface area (Å²) in [5.41, 5.74) is 0.979. The molecule has 0 rings (SSSR count). The predicted molar refractivity (Wildman–Crippen MR) is 54.0 cm³/mol. The van der Waals surface area contributed by atoms with E-state index in [2.05, 4.69) is 18.3 Å². The van der Waals surface area contributed by atoms with Gasteiger partial charge in [0.05, 0.1) is 0 Å². The first-order chi connectivity index (χ1) is 5.35. The lowest BCUT2D eigenvalue weighted by molar-refractivity contribution is 1.50. The summed E-state index contributed by atoms with van der Waals surface area (Å²) in [6.45, 7) is 12.9. The summed E-state index contributed by atoms with van der Waals surface area (Å²) in [5, 5.41) is 0. The molecule has 0 spiro atoms. The lowest BCUT2D eigenvalue weighted by atomic mass is 10.3. The van der Waals surface area contributed by atoms with Crippen molar-refractivity contribution in [3.63, 3.8) is 0 Å². The molecule has 11 heavy (non-hydrogen) atoms. The molecule has 0 N–H and O–H groups in total. The van der Waals surface area contributed by atoms with Crippen LogP contribution in [-0.2, 0) is 0 Å². The number of aliphatic imine (C=N–C) groups is 1. The Hall–Kier alpha value is -1.11. The van der Waals surface area contributed by atoms with Crippen LogP contribution in [0.4, 0.5) is 0 Å². The maximum absolute atomic E-state index is 3.59. The highest BCUT2D eigenvalue weighted by atomic mass is 14.6. The van der Waals surface area contributed by atoms with Gasteiger partial charge in [0.2, 0.25) is 0 Å². The highest BCUT2D eigenvalue weighted by Crippen LogP contribution is 1.96. The molecular weight excluding hydrogens is 134 g/mol. The average molecular weight is 151 g/mol. The summed E-state index contributed by atoms with van der Waals surface area (Å²) in [6.07, 6.45) is 7.24. The van der Waals surface area contributed by atoms with Gasteiger partial charge in [0, 0.05) is 6.20 Å². The van der Waals surface area contributed by atoms with E-state index in [1.54, 1.807) is 12.3 Å². The van der Waals surface area contributed by atoms with Gasteiger partial charge < -0.3 is 0 Å². The van der Waals surface area contributed by atoms with Gasteiger partial charge in [-0.2, -0.15) is 0 Å². The molecule has 0 bridgehead atoms. The van der Waals surface area contributed by atoms with E-state index in [1.807, 2.05) is 32.9 Å². The highest BCUT2D eigenvalue weighted by molar-refractivity contribution is 5.33. The van der Waals surface area contributed by atoms with Gasteiger partial charge >= 0.3 is 0 Å². The third-order valence-electron chi connectivity index (χ3n) is 0.835. The second kappa shape index (κ2) is 11.7. The Bertz CT molecular complexity index is 152. The summed E-state index contributed by atoms with van der Waals surface area (Å²) in [5.74, 6) is 0. The topological polar surface area (TPSA) is 12.4 Å². The minimum atomic E-state index is 0.979. The van der Waals surface area contributed by atoms with E-state index >= 15 is 0 Å². The summed E-state index contributed by atoms with van der Waals surface area (Å²) >= 11 is 0. The molecule has 0 aliphatic rings. The van der Waals surface area contributed by atoms with E-state index in [0.29, 0.717) is 0 Å². The Morgan fingerprint density at radius 3 is 2.18 bits per heavy atom. The molecule has 0 unspecified atom stereocenters. The van der Waals surface area contributed by atoms with E-state index in [0.717, 1.165) is 5.57 Å². The Balaban J connectivity index is 0. The van der Waals surface area contributed by atoms with Crippen molar-refractivity contribution in [2.24, 2.45) is 4.99 Å². The SMILES string of the molecule is C=CC(/C=C/C)=C\N=C.CC. The number of hydrogen-bond acceptors (Lipinski definition) is 1. The van der Waals surface area contributed by atoms with Crippen LogP contribution in [0.2, 0.25) is 0 Å². The summed E-state index contributed by atoms with van der Waals surface area (Å²) in [6, 6.07) is 0. The molecule has 0 aliphatic heterocycles. The van der Waals surface area contributed by atoms with Crippen LogP contribution in [0.1, 0.15) is 20.8 Å². The van der Waals surface area contributed by atoms with Gasteiger partial charge in [-0.05, 0) is 19.2 Å². The van der Waals surface area contributed by atoms with Crippen LogP contribution >= 0.6 is 0 Å². The van der Waals surface area contributed by atoms with Crippen LogP contribution in [0, 0.1) is 0 Å². The molecule has 62 valence electrons. The van der Waals surface area contributed by atoms with E-state index in [1.165, 1.54) is 0 Å². The summed E-state index contributed by atoms with van der Waals surface area (Å²) < 4.78 is 0. The zero-order chi connectivity index (χ0) is 9.11. The van der Waals surface area contributed by atoms with E-state index in [4.69, 9.17) is 0 Å². The standard InChI is InChI=1S/C8H11N.C2H6/c1-4-6-8(5-2)7-9-3;1-2/h4-7H,2-3H2,1H3;1-2H3/b6-4+,8-7+;. The smallest absolute Gasteiger partial charge is 0.0332 e. The number of rotatable bonds is 3. The van der Waals surface area contributed by atoms with Crippen LogP contribution in [0.3, 0.4) is 0 Å². The minimum Gasteiger partial charge on any atom is -0.272 e. The average Bonchev–Trinajstić information content (AvgIpc) is 2.08. The first-order valence-electron chi connectivity index (χ1n) is 3.76. The first-order valence-corrected chi connectivity index (χ1v) is 3.76. The Morgan fingerprint density at radius 1 is 1.36 bits per heavy atom. The van der Waals surface area contributed by atoms with Crippen LogP contribution < -0.4 is 0 Å². The van der Waals surface area contributed by atoms with Crippen molar-refractivity contribution in [2.75, 3.05) is 0 Å². The van der Waals surface area contributed by atoms with Gasteiger partial charge in [-0.1, -0.05) is 38.7 Å². The zero-order valence-corrected chi connectivity index (χ0v) is 7.67. The Morgan fingerprint density at radius 2 is 1.91 bits per heavy atom. The fourth-order valence-electron chi connectivity index (χ4n) is 0.462. The van der Waals surface area contributed by atoms with Crippen molar-refractivity contribution in [1.29, 1.82) is 0 Å². The van der Waals surface area contributed by atoms with Gasteiger partial charge in [0.1, 0.15) is 0 Å². The van der Waals surface area contributed by atoms with E-state index < -0.39 is 0 Å². The molecule has 0 amide bonds. The molecule has 0 heterocycles. The van der Waals surface area contributed by atoms with Gasteiger partial charge in [0.25, 0.3) is 0 Å². The van der Waals surface area contributed by atoms with Crippen LogP contribution in [0.15, 0.2) is 41.6 Å². The molecule has 1 heteroatoms. The highest BCUT2D eigenvalue weighted by Gasteiger charge is 1.77. The van der Waals surface area contributed by atoms with Crippen LogP contribution in [0.5, 0.6) is 0 Å². The molecule has 0 radical (unpaired) electrons.